The molecular weight excluding hydrogens is 396 g/mol. The van der Waals surface area contributed by atoms with Crippen molar-refractivity contribution >= 4 is 11.6 Å². The summed E-state index contributed by atoms with van der Waals surface area (Å²) in [6.45, 7) is 9.22. The third kappa shape index (κ3) is 8.10. The maximum Gasteiger partial charge on any atom is 0.126 e. The van der Waals surface area contributed by atoms with Crippen LogP contribution in [0.5, 0.6) is 17.2 Å². The molecule has 0 spiro atoms. The molecule has 30 heavy (non-hydrogen) atoms. The number of hydrogen-bond donors (Lipinski definition) is 0. The van der Waals surface area contributed by atoms with Crippen LogP contribution in [0, 0.1) is 12.8 Å². The summed E-state index contributed by atoms with van der Waals surface area (Å²) in [6, 6.07) is 12.4. The van der Waals surface area contributed by atoms with E-state index in [2.05, 4.69) is 32.9 Å². The number of benzene rings is 2. The summed E-state index contributed by atoms with van der Waals surface area (Å²) >= 11 is 6.28. The monoisotopic (exact) mass is 432 g/mol. The molecular formula is C26H37ClO3. The van der Waals surface area contributed by atoms with Gasteiger partial charge in [-0.25, -0.2) is 0 Å². The van der Waals surface area contributed by atoms with E-state index in [4.69, 9.17) is 25.8 Å². The smallest absolute Gasteiger partial charge is 0.126 e. The minimum absolute atomic E-state index is 0.0977. The maximum absolute atomic E-state index is 6.28. The van der Waals surface area contributed by atoms with Crippen molar-refractivity contribution < 1.29 is 14.2 Å². The Morgan fingerprint density at radius 2 is 1.67 bits per heavy atom. The molecule has 0 aliphatic rings. The molecule has 0 N–H and O–H groups in total. The van der Waals surface area contributed by atoms with Gasteiger partial charge in [0.25, 0.3) is 0 Å². The van der Waals surface area contributed by atoms with Crippen molar-refractivity contribution in [3.05, 3.63) is 53.1 Å². The van der Waals surface area contributed by atoms with Gasteiger partial charge < -0.3 is 14.2 Å². The van der Waals surface area contributed by atoms with Crippen LogP contribution in [0.4, 0.5) is 0 Å². The maximum atomic E-state index is 6.28. The molecule has 2 aromatic carbocycles. The molecule has 4 heteroatoms. The van der Waals surface area contributed by atoms with Gasteiger partial charge in [-0.1, -0.05) is 31.9 Å². The molecule has 2 aromatic rings. The molecule has 3 nitrogen and oxygen atoms in total. The van der Waals surface area contributed by atoms with E-state index in [1.54, 1.807) is 14.2 Å². The number of halogens is 1. The normalized spacial score (nSPS) is 12.5. The second-order valence-corrected chi connectivity index (χ2v) is 9.85. The number of aryl methyl sites for hydroxylation is 1. The molecule has 0 heterocycles. The highest BCUT2D eigenvalue weighted by atomic mass is 35.5. The fourth-order valence-electron chi connectivity index (χ4n) is 3.63. The van der Waals surface area contributed by atoms with E-state index in [0.29, 0.717) is 5.92 Å². The van der Waals surface area contributed by atoms with Gasteiger partial charge in [0, 0.05) is 16.9 Å². The van der Waals surface area contributed by atoms with Crippen molar-refractivity contribution in [2.24, 2.45) is 5.92 Å². The SMILES string of the molecule is COc1cc(C)cc(OC)c1Cc1cccc(OCCC(C)CCCC(C)(C)Cl)c1. The predicted octanol–water partition coefficient (Wildman–Crippen LogP) is 7.20. The number of hydrogen-bond acceptors (Lipinski definition) is 3. The largest absolute Gasteiger partial charge is 0.496 e. The lowest BCUT2D eigenvalue weighted by molar-refractivity contribution is 0.276. The first-order valence-corrected chi connectivity index (χ1v) is 11.2. The summed E-state index contributed by atoms with van der Waals surface area (Å²) in [6.07, 6.45) is 5.18. The first-order chi connectivity index (χ1) is 14.2. The molecule has 0 saturated carbocycles. The number of ether oxygens (including phenoxy) is 3. The molecule has 2 rings (SSSR count). The Labute approximate surface area is 187 Å². The van der Waals surface area contributed by atoms with Gasteiger partial charge in [0.2, 0.25) is 0 Å². The average Bonchev–Trinajstić information content (AvgIpc) is 2.68. The Morgan fingerprint density at radius 1 is 1.00 bits per heavy atom. The van der Waals surface area contributed by atoms with E-state index in [0.717, 1.165) is 60.7 Å². The molecule has 0 aromatic heterocycles. The summed E-state index contributed by atoms with van der Waals surface area (Å²) in [5, 5.41) is 0. The minimum atomic E-state index is -0.0977. The van der Waals surface area contributed by atoms with E-state index < -0.39 is 0 Å². The summed E-state index contributed by atoms with van der Waals surface area (Å²) in [5.41, 5.74) is 3.34. The predicted molar refractivity (Wildman–Crippen MR) is 127 cm³/mol. The highest BCUT2D eigenvalue weighted by molar-refractivity contribution is 6.23. The van der Waals surface area contributed by atoms with Gasteiger partial charge >= 0.3 is 0 Å². The molecule has 1 unspecified atom stereocenters. The Morgan fingerprint density at radius 3 is 2.27 bits per heavy atom. The van der Waals surface area contributed by atoms with Gasteiger partial charge in [-0.05, 0) is 74.9 Å². The fourth-order valence-corrected chi connectivity index (χ4v) is 3.77. The van der Waals surface area contributed by atoms with E-state index in [1.807, 2.05) is 31.2 Å². The first-order valence-electron chi connectivity index (χ1n) is 10.8. The summed E-state index contributed by atoms with van der Waals surface area (Å²) < 4.78 is 17.2. The second-order valence-electron chi connectivity index (χ2n) is 8.83. The van der Waals surface area contributed by atoms with Crippen molar-refractivity contribution in [1.82, 2.24) is 0 Å². The van der Waals surface area contributed by atoms with Crippen molar-refractivity contribution in [2.45, 2.75) is 64.7 Å². The number of methoxy groups -OCH3 is 2. The molecule has 0 fully saturated rings. The van der Waals surface area contributed by atoms with Crippen LogP contribution in [-0.4, -0.2) is 25.7 Å². The average molecular weight is 433 g/mol. The number of alkyl halides is 1. The van der Waals surface area contributed by atoms with Gasteiger partial charge in [-0.3, -0.25) is 0 Å². The molecule has 1 atom stereocenters. The highest BCUT2D eigenvalue weighted by Crippen LogP contribution is 2.33. The summed E-state index contributed by atoms with van der Waals surface area (Å²) in [4.78, 5) is -0.0977. The van der Waals surface area contributed by atoms with E-state index in [1.165, 1.54) is 12.0 Å². The van der Waals surface area contributed by atoms with Gasteiger partial charge in [0.15, 0.2) is 0 Å². The Bertz CT molecular complexity index is 770. The van der Waals surface area contributed by atoms with Gasteiger partial charge in [0.1, 0.15) is 17.2 Å². The van der Waals surface area contributed by atoms with Crippen LogP contribution >= 0.6 is 11.6 Å². The van der Waals surface area contributed by atoms with Crippen molar-refractivity contribution in [2.75, 3.05) is 20.8 Å². The van der Waals surface area contributed by atoms with Crippen LogP contribution in [0.3, 0.4) is 0 Å². The second kappa shape index (κ2) is 11.5. The van der Waals surface area contributed by atoms with Gasteiger partial charge in [0.05, 0.1) is 20.8 Å². The quantitative estimate of drug-likeness (QED) is 0.332. The van der Waals surface area contributed by atoms with Crippen LogP contribution in [0.1, 0.15) is 63.1 Å². The van der Waals surface area contributed by atoms with E-state index in [-0.39, 0.29) is 4.87 Å². The number of rotatable bonds is 12. The van der Waals surface area contributed by atoms with E-state index in [9.17, 15) is 0 Å². The zero-order chi connectivity index (χ0) is 22.1. The topological polar surface area (TPSA) is 27.7 Å². The molecule has 0 aliphatic carbocycles. The van der Waals surface area contributed by atoms with Crippen LogP contribution in [0.15, 0.2) is 36.4 Å². The first kappa shape index (κ1) is 24.4. The fraction of sp³-hybridized carbons (Fsp3) is 0.538. The highest BCUT2D eigenvalue weighted by Gasteiger charge is 2.14. The van der Waals surface area contributed by atoms with Crippen LogP contribution in [-0.2, 0) is 6.42 Å². The lowest BCUT2D eigenvalue weighted by Crippen LogP contribution is -2.11. The zero-order valence-corrected chi connectivity index (χ0v) is 20.1. The lowest BCUT2D eigenvalue weighted by atomic mass is 9.97. The molecule has 0 amide bonds. The molecule has 0 saturated heterocycles. The summed E-state index contributed by atoms with van der Waals surface area (Å²) in [5.74, 6) is 3.25. The third-order valence-corrected chi connectivity index (χ3v) is 5.57. The van der Waals surface area contributed by atoms with Crippen LogP contribution in [0.25, 0.3) is 0 Å². The molecule has 166 valence electrons. The van der Waals surface area contributed by atoms with Crippen LogP contribution < -0.4 is 14.2 Å². The van der Waals surface area contributed by atoms with Crippen molar-refractivity contribution in [1.29, 1.82) is 0 Å². The minimum Gasteiger partial charge on any atom is -0.496 e. The van der Waals surface area contributed by atoms with Crippen LogP contribution in [0.2, 0.25) is 0 Å². The molecule has 0 aliphatic heterocycles. The Kier molecular flexibility index (Phi) is 9.36. The van der Waals surface area contributed by atoms with E-state index >= 15 is 0 Å². The standard InChI is InChI=1S/C26H37ClO3/c1-19(9-8-13-26(3,4)27)12-14-30-22-11-7-10-21(17-22)18-23-24(28-5)15-20(2)16-25(23)29-6/h7,10-11,15-17,19H,8-9,12-14,18H2,1-6H3. The van der Waals surface area contributed by atoms with Crippen molar-refractivity contribution in [3.8, 4) is 17.2 Å². The lowest BCUT2D eigenvalue weighted by Gasteiger charge is -2.17. The van der Waals surface area contributed by atoms with Gasteiger partial charge in [-0.15, -0.1) is 11.6 Å². The third-order valence-electron chi connectivity index (χ3n) is 5.38. The summed E-state index contributed by atoms with van der Waals surface area (Å²) in [7, 11) is 3.40. The Balaban J connectivity index is 1.93. The zero-order valence-electron chi connectivity index (χ0n) is 19.4. The Hall–Kier alpha value is -1.87. The van der Waals surface area contributed by atoms with Crippen molar-refractivity contribution in [3.63, 3.8) is 0 Å². The molecule has 0 radical (unpaired) electrons. The van der Waals surface area contributed by atoms with Gasteiger partial charge in [-0.2, -0.15) is 0 Å². The molecule has 0 bridgehead atoms.